The number of aromatic nitrogens is 2. The first-order valence-electron chi connectivity index (χ1n) is 6.31. The molecular formula is C15H14FN3O. The predicted octanol–water partition coefficient (Wildman–Crippen LogP) is 3.69. The molecule has 1 N–H and O–H groups in total. The lowest BCUT2D eigenvalue weighted by Crippen LogP contribution is -2.02. The summed E-state index contributed by atoms with van der Waals surface area (Å²) in [5.74, 6) is 0.745. The van der Waals surface area contributed by atoms with Crippen molar-refractivity contribution in [3.05, 3.63) is 41.5 Å². The molecule has 0 saturated heterocycles. The molecule has 2 heterocycles. The Labute approximate surface area is 115 Å². The van der Waals surface area contributed by atoms with Crippen molar-refractivity contribution in [2.24, 2.45) is 0 Å². The highest BCUT2D eigenvalue weighted by Crippen LogP contribution is 2.31. The van der Waals surface area contributed by atoms with E-state index in [1.54, 1.807) is 25.2 Å². The van der Waals surface area contributed by atoms with Gasteiger partial charge >= 0.3 is 0 Å². The molecule has 0 radical (unpaired) electrons. The van der Waals surface area contributed by atoms with Crippen LogP contribution in [0.1, 0.15) is 11.4 Å². The maximum absolute atomic E-state index is 13.7. The van der Waals surface area contributed by atoms with E-state index in [2.05, 4.69) is 15.3 Å². The summed E-state index contributed by atoms with van der Waals surface area (Å²) in [6.45, 7) is 3.78. The van der Waals surface area contributed by atoms with Crippen LogP contribution in [0.3, 0.4) is 0 Å². The molecule has 0 amide bonds. The Morgan fingerprint density at radius 1 is 1.15 bits per heavy atom. The standard InChI is InChI=1S/C15H14FN3O/c1-8-9(2)19-15(17-3)13(18-8)12-7-10-5-4-6-11(16)14(10)20-12/h4-7H,1-3H3,(H,17,19). The fourth-order valence-electron chi connectivity index (χ4n) is 2.09. The van der Waals surface area contributed by atoms with Crippen LogP contribution in [0.2, 0.25) is 0 Å². The number of fused-ring (bicyclic) bond motifs is 1. The van der Waals surface area contributed by atoms with Crippen molar-refractivity contribution in [2.45, 2.75) is 13.8 Å². The zero-order valence-corrected chi connectivity index (χ0v) is 11.5. The highest BCUT2D eigenvalue weighted by Gasteiger charge is 2.16. The van der Waals surface area contributed by atoms with Gasteiger partial charge in [-0.1, -0.05) is 12.1 Å². The second kappa shape index (κ2) is 4.59. The van der Waals surface area contributed by atoms with Crippen molar-refractivity contribution >= 4 is 16.8 Å². The van der Waals surface area contributed by atoms with Crippen molar-refractivity contribution in [1.29, 1.82) is 0 Å². The number of hydrogen-bond donors (Lipinski definition) is 1. The number of nitrogens with zero attached hydrogens (tertiary/aromatic N) is 2. The molecular weight excluding hydrogens is 257 g/mol. The van der Waals surface area contributed by atoms with Crippen molar-refractivity contribution in [2.75, 3.05) is 12.4 Å². The Morgan fingerprint density at radius 3 is 2.60 bits per heavy atom. The largest absolute Gasteiger partial charge is 0.451 e. The van der Waals surface area contributed by atoms with Crippen LogP contribution < -0.4 is 5.32 Å². The molecule has 1 aromatic carbocycles. The summed E-state index contributed by atoms with van der Waals surface area (Å²) < 4.78 is 19.3. The molecule has 0 aliphatic rings. The third-order valence-corrected chi connectivity index (χ3v) is 3.27. The zero-order chi connectivity index (χ0) is 14.3. The molecule has 0 spiro atoms. The Bertz CT molecular complexity index is 795. The van der Waals surface area contributed by atoms with Crippen LogP contribution in [0.5, 0.6) is 0 Å². The number of hydrogen-bond acceptors (Lipinski definition) is 4. The van der Waals surface area contributed by atoms with Gasteiger partial charge in [-0.15, -0.1) is 0 Å². The number of para-hydroxylation sites is 1. The molecule has 0 atom stereocenters. The van der Waals surface area contributed by atoms with Crippen LogP contribution in [0.4, 0.5) is 10.2 Å². The van der Waals surface area contributed by atoms with E-state index in [1.165, 1.54) is 6.07 Å². The molecule has 3 aromatic rings. The lowest BCUT2D eigenvalue weighted by atomic mass is 10.2. The first kappa shape index (κ1) is 12.6. The van der Waals surface area contributed by atoms with Crippen molar-refractivity contribution in [1.82, 2.24) is 9.97 Å². The molecule has 2 aromatic heterocycles. The number of anilines is 1. The Kier molecular flexibility index (Phi) is 2.89. The number of aryl methyl sites for hydroxylation is 2. The number of nitrogens with one attached hydrogen (secondary N) is 1. The van der Waals surface area contributed by atoms with Gasteiger partial charge in [0.05, 0.1) is 11.4 Å². The Balaban J connectivity index is 2.25. The lowest BCUT2D eigenvalue weighted by molar-refractivity contribution is 0.567. The second-order valence-corrected chi connectivity index (χ2v) is 4.61. The van der Waals surface area contributed by atoms with Crippen LogP contribution in [0, 0.1) is 19.7 Å². The van der Waals surface area contributed by atoms with E-state index in [-0.39, 0.29) is 11.4 Å². The van der Waals surface area contributed by atoms with Gasteiger partial charge in [-0.3, -0.25) is 0 Å². The summed E-state index contributed by atoms with van der Waals surface area (Å²) in [7, 11) is 1.77. The molecule has 0 unspecified atom stereocenters. The lowest BCUT2D eigenvalue weighted by Gasteiger charge is -2.08. The van der Waals surface area contributed by atoms with Crippen molar-refractivity contribution in [3.8, 4) is 11.5 Å². The van der Waals surface area contributed by atoms with E-state index in [4.69, 9.17) is 4.42 Å². The minimum atomic E-state index is -0.378. The van der Waals surface area contributed by atoms with E-state index in [1.807, 2.05) is 13.8 Å². The van der Waals surface area contributed by atoms with Gasteiger partial charge in [0.1, 0.15) is 5.69 Å². The summed E-state index contributed by atoms with van der Waals surface area (Å²) in [4.78, 5) is 8.93. The fraction of sp³-hybridized carbons (Fsp3) is 0.200. The van der Waals surface area contributed by atoms with E-state index >= 15 is 0 Å². The minimum Gasteiger partial charge on any atom is -0.451 e. The van der Waals surface area contributed by atoms with Gasteiger partial charge in [-0.05, 0) is 26.0 Å². The van der Waals surface area contributed by atoms with Gasteiger partial charge in [0.25, 0.3) is 0 Å². The average molecular weight is 271 g/mol. The predicted molar refractivity (Wildman–Crippen MR) is 76.2 cm³/mol. The highest BCUT2D eigenvalue weighted by molar-refractivity contribution is 5.84. The van der Waals surface area contributed by atoms with E-state index in [9.17, 15) is 4.39 Å². The van der Waals surface area contributed by atoms with Crippen LogP contribution in [-0.4, -0.2) is 17.0 Å². The van der Waals surface area contributed by atoms with E-state index in [0.717, 1.165) is 11.4 Å². The Hall–Kier alpha value is -2.43. The van der Waals surface area contributed by atoms with Crippen LogP contribution >= 0.6 is 0 Å². The summed E-state index contributed by atoms with van der Waals surface area (Å²) in [5, 5.41) is 3.70. The second-order valence-electron chi connectivity index (χ2n) is 4.61. The molecule has 5 heteroatoms. The molecule has 0 saturated carbocycles. The molecule has 4 nitrogen and oxygen atoms in total. The third-order valence-electron chi connectivity index (χ3n) is 3.27. The summed E-state index contributed by atoms with van der Waals surface area (Å²) in [5.41, 5.74) is 2.50. The normalized spacial score (nSPS) is 11.0. The third kappa shape index (κ3) is 1.91. The number of rotatable bonds is 2. The smallest absolute Gasteiger partial charge is 0.170 e. The molecule has 0 aliphatic heterocycles. The first-order valence-corrected chi connectivity index (χ1v) is 6.31. The zero-order valence-electron chi connectivity index (χ0n) is 11.5. The molecule has 0 fully saturated rings. The summed E-state index contributed by atoms with van der Waals surface area (Å²) in [6, 6.07) is 6.61. The van der Waals surface area contributed by atoms with Gasteiger partial charge in [0, 0.05) is 12.4 Å². The van der Waals surface area contributed by atoms with Crippen molar-refractivity contribution in [3.63, 3.8) is 0 Å². The van der Waals surface area contributed by atoms with Crippen LogP contribution in [0.25, 0.3) is 22.4 Å². The van der Waals surface area contributed by atoms with Crippen LogP contribution in [0.15, 0.2) is 28.7 Å². The average Bonchev–Trinajstić information content (AvgIpc) is 2.86. The van der Waals surface area contributed by atoms with Gasteiger partial charge in [-0.2, -0.15) is 0 Å². The number of halogens is 1. The van der Waals surface area contributed by atoms with Crippen molar-refractivity contribution < 1.29 is 8.81 Å². The topological polar surface area (TPSA) is 51.0 Å². The Morgan fingerprint density at radius 2 is 1.90 bits per heavy atom. The summed E-state index contributed by atoms with van der Waals surface area (Å²) >= 11 is 0. The summed E-state index contributed by atoms with van der Waals surface area (Å²) in [6.07, 6.45) is 0. The number of furan rings is 1. The molecule has 20 heavy (non-hydrogen) atoms. The quantitative estimate of drug-likeness (QED) is 0.772. The molecule has 102 valence electrons. The van der Waals surface area contributed by atoms with Gasteiger partial charge < -0.3 is 9.73 Å². The monoisotopic (exact) mass is 271 g/mol. The molecule has 3 rings (SSSR count). The van der Waals surface area contributed by atoms with Gasteiger partial charge in [0.15, 0.2) is 23.0 Å². The first-order chi connectivity index (χ1) is 9.60. The SMILES string of the molecule is CNc1nc(C)c(C)nc1-c1cc2cccc(F)c2o1. The molecule has 0 aliphatic carbocycles. The van der Waals surface area contributed by atoms with Gasteiger partial charge in [0.2, 0.25) is 0 Å². The maximum Gasteiger partial charge on any atom is 0.170 e. The maximum atomic E-state index is 13.7. The molecule has 0 bridgehead atoms. The number of benzene rings is 1. The van der Waals surface area contributed by atoms with Crippen LogP contribution in [-0.2, 0) is 0 Å². The van der Waals surface area contributed by atoms with E-state index in [0.29, 0.717) is 22.7 Å². The highest BCUT2D eigenvalue weighted by atomic mass is 19.1. The van der Waals surface area contributed by atoms with Gasteiger partial charge in [-0.25, -0.2) is 14.4 Å². The minimum absolute atomic E-state index is 0.240. The van der Waals surface area contributed by atoms with E-state index < -0.39 is 0 Å². The fourth-order valence-corrected chi connectivity index (χ4v) is 2.09.